The summed E-state index contributed by atoms with van der Waals surface area (Å²) in [5.41, 5.74) is 3.84. The van der Waals surface area contributed by atoms with Gasteiger partial charge in [0.05, 0.1) is 17.6 Å². The Labute approximate surface area is 189 Å². The van der Waals surface area contributed by atoms with Gasteiger partial charge in [-0.2, -0.15) is 0 Å². The molecule has 0 spiro atoms. The van der Waals surface area contributed by atoms with Crippen LogP contribution in [0.4, 0.5) is 0 Å². The Morgan fingerprint density at radius 3 is 2.48 bits per heavy atom. The molecule has 0 atom stereocenters. The van der Waals surface area contributed by atoms with Crippen LogP contribution in [0.5, 0.6) is 0 Å². The molecule has 0 saturated heterocycles. The Kier molecular flexibility index (Phi) is 6.55. The molecule has 0 aliphatic heterocycles. The van der Waals surface area contributed by atoms with E-state index in [1.165, 1.54) is 0 Å². The van der Waals surface area contributed by atoms with E-state index in [-0.39, 0.29) is 4.90 Å². The van der Waals surface area contributed by atoms with Gasteiger partial charge in [0.2, 0.25) is 10.0 Å². The zero-order valence-corrected chi connectivity index (χ0v) is 18.9. The number of hydrogen-bond acceptors (Lipinski definition) is 5. The Bertz CT molecular complexity index is 1260. The molecule has 0 fully saturated rings. The number of aromatic nitrogens is 4. The first kappa shape index (κ1) is 21.4. The average Bonchev–Trinajstić information content (AvgIpc) is 3.24. The van der Waals surface area contributed by atoms with E-state index in [1.54, 1.807) is 41.3 Å². The van der Waals surface area contributed by atoms with Gasteiger partial charge < -0.3 is 0 Å². The minimum absolute atomic E-state index is 0.240. The number of nitrogens with zero attached hydrogens (tertiary/aromatic N) is 4. The first-order valence-electron chi connectivity index (χ1n) is 9.64. The topological polar surface area (TPSA) is 89.8 Å². The molecule has 158 valence electrons. The fourth-order valence-corrected chi connectivity index (χ4v) is 5.12. The molecule has 31 heavy (non-hydrogen) atoms. The van der Waals surface area contributed by atoms with Crippen molar-refractivity contribution in [1.29, 1.82) is 0 Å². The Hall–Kier alpha value is -2.88. The lowest BCUT2D eigenvalue weighted by atomic mass is 10.1. The second kappa shape index (κ2) is 9.51. The van der Waals surface area contributed by atoms with Crippen molar-refractivity contribution in [2.45, 2.75) is 17.9 Å². The summed E-state index contributed by atoms with van der Waals surface area (Å²) >= 11 is 3.28. The molecule has 0 aliphatic rings. The van der Waals surface area contributed by atoms with Crippen LogP contribution in [0.25, 0.3) is 11.3 Å². The van der Waals surface area contributed by atoms with Crippen LogP contribution >= 0.6 is 15.9 Å². The third kappa shape index (κ3) is 5.43. The van der Waals surface area contributed by atoms with E-state index >= 15 is 0 Å². The van der Waals surface area contributed by atoms with Crippen molar-refractivity contribution >= 4 is 26.0 Å². The SMILES string of the molecule is O=S(=O)(NCCc1ccc(Cn2cc(-c3cccnc3)nn2)cc1)c1ccccc1Br. The highest BCUT2D eigenvalue weighted by atomic mass is 79.9. The van der Waals surface area contributed by atoms with Crippen molar-refractivity contribution in [2.24, 2.45) is 0 Å². The second-order valence-corrected chi connectivity index (χ2v) is 9.53. The van der Waals surface area contributed by atoms with Crippen LogP contribution in [0.15, 0.2) is 88.6 Å². The largest absolute Gasteiger partial charge is 0.264 e. The maximum Gasteiger partial charge on any atom is 0.241 e. The standard InChI is InChI=1S/C22H20BrN5O2S/c23-20-5-1-2-6-22(20)31(29,30)25-13-11-17-7-9-18(10-8-17)15-28-16-21(26-27-28)19-4-3-12-24-14-19/h1-10,12,14,16,25H,11,13,15H2. The van der Waals surface area contributed by atoms with Gasteiger partial charge >= 0.3 is 0 Å². The molecular formula is C22H20BrN5O2S. The number of rotatable bonds is 8. The molecule has 0 bridgehead atoms. The van der Waals surface area contributed by atoms with Gasteiger partial charge in [-0.1, -0.05) is 41.6 Å². The van der Waals surface area contributed by atoms with Crippen LogP contribution in [0.1, 0.15) is 11.1 Å². The van der Waals surface area contributed by atoms with Crippen LogP contribution in [0.2, 0.25) is 0 Å². The zero-order chi connectivity index (χ0) is 21.7. The minimum atomic E-state index is -3.55. The molecule has 4 aromatic rings. The quantitative estimate of drug-likeness (QED) is 0.401. The predicted octanol–water partition coefficient (Wildman–Crippen LogP) is 3.67. The molecule has 0 radical (unpaired) electrons. The number of sulfonamides is 1. The predicted molar refractivity (Wildman–Crippen MR) is 122 cm³/mol. The van der Waals surface area contributed by atoms with Gasteiger partial charge in [0, 0.05) is 29.0 Å². The molecule has 0 aliphatic carbocycles. The smallest absolute Gasteiger partial charge is 0.241 e. The summed E-state index contributed by atoms with van der Waals surface area (Å²) in [5.74, 6) is 0. The summed E-state index contributed by atoms with van der Waals surface area (Å²) in [6, 6.07) is 18.6. The first-order valence-corrected chi connectivity index (χ1v) is 11.9. The maximum atomic E-state index is 12.4. The highest BCUT2D eigenvalue weighted by Gasteiger charge is 2.16. The normalized spacial score (nSPS) is 11.5. The van der Waals surface area contributed by atoms with Crippen molar-refractivity contribution in [2.75, 3.05) is 6.54 Å². The van der Waals surface area contributed by atoms with E-state index in [0.717, 1.165) is 22.4 Å². The summed E-state index contributed by atoms with van der Waals surface area (Å²) in [5, 5.41) is 8.38. The Balaban J connectivity index is 1.33. The van der Waals surface area contributed by atoms with Gasteiger partial charge in [-0.05, 0) is 57.7 Å². The third-order valence-corrected chi connectivity index (χ3v) is 7.17. The number of nitrogens with one attached hydrogen (secondary N) is 1. The Morgan fingerprint density at radius 2 is 1.74 bits per heavy atom. The van der Waals surface area contributed by atoms with Crippen LogP contribution < -0.4 is 4.72 Å². The van der Waals surface area contributed by atoms with E-state index in [1.807, 2.05) is 42.6 Å². The lowest BCUT2D eigenvalue weighted by Crippen LogP contribution is -2.26. The van der Waals surface area contributed by atoms with Gasteiger partial charge in [-0.15, -0.1) is 5.10 Å². The van der Waals surface area contributed by atoms with E-state index in [4.69, 9.17) is 0 Å². The summed E-state index contributed by atoms with van der Waals surface area (Å²) < 4.78 is 29.9. The molecule has 2 aromatic heterocycles. The number of hydrogen-bond donors (Lipinski definition) is 1. The molecule has 9 heteroatoms. The minimum Gasteiger partial charge on any atom is -0.264 e. The molecular weight excluding hydrogens is 478 g/mol. The van der Waals surface area contributed by atoms with E-state index in [0.29, 0.717) is 24.0 Å². The average molecular weight is 498 g/mol. The molecule has 0 amide bonds. The van der Waals surface area contributed by atoms with Crippen LogP contribution in [0.3, 0.4) is 0 Å². The zero-order valence-electron chi connectivity index (χ0n) is 16.5. The number of benzene rings is 2. The number of halogens is 1. The second-order valence-electron chi connectivity index (χ2n) is 6.94. The molecule has 2 aromatic carbocycles. The van der Waals surface area contributed by atoms with Crippen molar-refractivity contribution in [1.82, 2.24) is 24.7 Å². The van der Waals surface area contributed by atoms with E-state index in [2.05, 4.69) is 35.9 Å². The van der Waals surface area contributed by atoms with Gasteiger partial charge in [-0.25, -0.2) is 17.8 Å². The van der Waals surface area contributed by atoms with Gasteiger partial charge in [0.25, 0.3) is 0 Å². The van der Waals surface area contributed by atoms with Crippen LogP contribution in [-0.2, 0) is 23.0 Å². The third-order valence-electron chi connectivity index (χ3n) is 4.70. The monoisotopic (exact) mass is 497 g/mol. The van der Waals surface area contributed by atoms with Crippen LogP contribution in [-0.4, -0.2) is 34.9 Å². The van der Waals surface area contributed by atoms with Crippen molar-refractivity contribution < 1.29 is 8.42 Å². The van der Waals surface area contributed by atoms with Gasteiger partial charge in [0.1, 0.15) is 5.69 Å². The number of pyridine rings is 1. The summed E-state index contributed by atoms with van der Waals surface area (Å²) in [4.78, 5) is 4.34. The molecule has 2 heterocycles. The summed E-state index contributed by atoms with van der Waals surface area (Å²) in [6.45, 7) is 0.919. The highest BCUT2D eigenvalue weighted by Crippen LogP contribution is 2.21. The molecule has 7 nitrogen and oxygen atoms in total. The molecule has 1 N–H and O–H groups in total. The van der Waals surface area contributed by atoms with E-state index in [9.17, 15) is 8.42 Å². The highest BCUT2D eigenvalue weighted by molar-refractivity contribution is 9.10. The first-order chi connectivity index (χ1) is 15.0. The molecule has 0 saturated carbocycles. The molecule has 0 unspecified atom stereocenters. The summed E-state index contributed by atoms with van der Waals surface area (Å²) in [6.07, 6.45) is 5.97. The lowest BCUT2D eigenvalue weighted by molar-refractivity contribution is 0.581. The van der Waals surface area contributed by atoms with Crippen LogP contribution in [0, 0.1) is 0 Å². The Morgan fingerprint density at radius 1 is 0.968 bits per heavy atom. The fraction of sp³-hybridized carbons (Fsp3) is 0.136. The summed E-state index contributed by atoms with van der Waals surface area (Å²) in [7, 11) is -3.55. The lowest BCUT2D eigenvalue weighted by Gasteiger charge is -2.09. The maximum absolute atomic E-state index is 12.4. The molecule has 4 rings (SSSR count). The van der Waals surface area contributed by atoms with Gasteiger partial charge in [-0.3, -0.25) is 4.98 Å². The van der Waals surface area contributed by atoms with Crippen molar-refractivity contribution in [3.63, 3.8) is 0 Å². The fourth-order valence-electron chi connectivity index (χ4n) is 3.09. The van der Waals surface area contributed by atoms with Crippen molar-refractivity contribution in [3.8, 4) is 11.3 Å². The van der Waals surface area contributed by atoms with Gasteiger partial charge in [0.15, 0.2) is 0 Å². The van der Waals surface area contributed by atoms with E-state index < -0.39 is 10.0 Å². The van der Waals surface area contributed by atoms with Crippen molar-refractivity contribution in [3.05, 3.63) is 94.9 Å².